The minimum Gasteiger partial charge on any atom is -0.354 e. The summed E-state index contributed by atoms with van der Waals surface area (Å²) in [6.45, 7) is 6.25. The van der Waals surface area contributed by atoms with Crippen molar-refractivity contribution in [3.63, 3.8) is 0 Å². The smallest absolute Gasteiger partial charge is 0.242 e. The topological polar surface area (TPSA) is 76.0 Å². The SMILES string of the molecule is CCCNC(=O)[C@H](C)NC(=O)CSc1nn(-c2ccccc2C)c(=S)s1. The lowest BCUT2D eigenvalue weighted by Crippen LogP contribution is -2.45. The molecule has 1 heterocycles. The molecule has 0 saturated heterocycles. The van der Waals surface area contributed by atoms with Gasteiger partial charge in [-0.1, -0.05) is 48.2 Å². The van der Waals surface area contributed by atoms with Gasteiger partial charge >= 0.3 is 0 Å². The average molecular weight is 411 g/mol. The fourth-order valence-electron chi connectivity index (χ4n) is 2.15. The second kappa shape index (κ2) is 9.84. The van der Waals surface area contributed by atoms with E-state index in [0.717, 1.165) is 22.0 Å². The first-order valence-electron chi connectivity index (χ1n) is 8.28. The second-order valence-corrected chi connectivity index (χ2v) is 8.55. The van der Waals surface area contributed by atoms with Crippen LogP contribution in [0.25, 0.3) is 5.69 Å². The lowest BCUT2D eigenvalue weighted by atomic mass is 10.2. The van der Waals surface area contributed by atoms with Crippen LogP contribution in [0.4, 0.5) is 0 Å². The van der Waals surface area contributed by atoms with Crippen molar-refractivity contribution in [2.75, 3.05) is 12.3 Å². The summed E-state index contributed by atoms with van der Waals surface area (Å²) in [5, 5.41) is 9.95. The molecule has 26 heavy (non-hydrogen) atoms. The van der Waals surface area contributed by atoms with Crippen molar-refractivity contribution in [2.24, 2.45) is 0 Å². The molecule has 1 aromatic carbocycles. The third kappa shape index (κ3) is 5.65. The maximum Gasteiger partial charge on any atom is 0.242 e. The van der Waals surface area contributed by atoms with Gasteiger partial charge in [0.25, 0.3) is 0 Å². The molecule has 0 radical (unpaired) electrons. The van der Waals surface area contributed by atoms with Crippen molar-refractivity contribution in [3.05, 3.63) is 33.8 Å². The fraction of sp³-hybridized carbons (Fsp3) is 0.412. The van der Waals surface area contributed by atoms with E-state index in [-0.39, 0.29) is 17.6 Å². The number of nitrogens with zero attached hydrogens (tertiary/aromatic N) is 2. The third-order valence-corrected chi connectivity index (χ3v) is 5.89. The van der Waals surface area contributed by atoms with Crippen molar-refractivity contribution >= 4 is 47.1 Å². The maximum absolute atomic E-state index is 12.1. The molecule has 1 aromatic heterocycles. The Kier molecular flexibility index (Phi) is 7.80. The Labute approximate surface area is 166 Å². The molecule has 140 valence electrons. The maximum atomic E-state index is 12.1. The number of nitrogens with one attached hydrogen (secondary N) is 2. The number of aryl methyl sites for hydroxylation is 1. The van der Waals surface area contributed by atoms with E-state index in [1.54, 1.807) is 11.6 Å². The van der Waals surface area contributed by atoms with Crippen molar-refractivity contribution in [1.29, 1.82) is 0 Å². The lowest BCUT2D eigenvalue weighted by molar-refractivity contribution is -0.127. The van der Waals surface area contributed by atoms with Crippen molar-refractivity contribution in [1.82, 2.24) is 20.4 Å². The Bertz CT molecular complexity index is 831. The average Bonchev–Trinajstić information content (AvgIpc) is 2.98. The number of benzene rings is 1. The molecule has 0 bridgehead atoms. The highest BCUT2D eigenvalue weighted by Gasteiger charge is 2.16. The van der Waals surface area contributed by atoms with Gasteiger partial charge in [0.15, 0.2) is 8.29 Å². The molecule has 1 atom stereocenters. The summed E-state index contributed by atoms with van der Waals surface area (Å²) in [5.41, 5.74) is 2.02. The first-order valence-corrected chi connectivity index (χ1v) is 10.5. The Morgan fingerprint density at radius 2 is 2.12 bits per heavy atom. The summed E-state index contributed by atoms with van der Waals surface area (Å²) in [6.07, 6.45) is 0.858. The lowest BCUT2D eigenvalue weighted by Gasteiger charge is -2.13. The van der Waals surface area contributed by atoms with Crippen LogP contribution < -0.4 is 10.6 Å². The second-order valence-electron chi connectivity index (χ2n) is 5.70. The van der Waals surface area contributed by atoms with Gasteiger partial charge in [-0.3, -0.25) is 9.59 Å². The Morgan fingerprint density at radius 3 is 2.81 bits per heavy atom. The monoisotopic (exact) mass is 410 g/mol. The molecular formula is C17H22N4O2S3. The van der Waals surface area contributed by atoms with Gasteiger partial charge in [-0.05, 0) is 44.1 Å². The van der Waals surface area contributed by atoms with Crippen molar-refractivity contribution in [3.8, 4) is 5.69 Å². The third-order valence-electron chi connectivity index (χ3n) is 3.52. The summed E-state index contributed by atoms with van der Waals surface area (Å²) in [5.74, 6) is -0.205. The van der Waals surface area contributed by atoms with Gasteiger partial charge in [-0.15, -0.1) is 5.10 Å². The van der Waals surface area contributed by atoms with Gasteiger partial charge < -0.3 is 10.6 Å². The Balaban J connectivity index is 1.93. The van der Waals surface area contributed by atoms with Crippen molar-refractivity contribution in [2.45, 2.75) is 37.6 Å². The number of amides is 2. The molecule has 2 amide bonds. The number of carbonyl (C=O) groups is 2. The van der Waals surface area contributed by atoms with E-state index in [1.807, 2.05) is 38.1 Å². The number of rotatable bonds is 8. The van der Waals surface area contributed by atoms with Crippen LogP contribution in [0.1, 0.15) is 25.8 Å². The molecule has 0 saturated carbocycles. The van der Waals surface area contributed by atoms with E-state index < -0.39 is 6.04 Å². The molecule has 2 aromatic rings. The molecule has 0 aliphatic carbocycles. The summed E-state index contributed by atoms with van der Waals surface area (Å²) in [7, 11) is 0. The predicted octanol–water partition coefficient (Wildman–Crippen LogP) is 3.09. The highest BCUT2D eigenvalue weighted by atomic mass is 32.2. The first-order chi connectivity index (χ1) is 12.4. The van der Waals surface area contributed by atoms with Crippen LogP contribution in [0.3, 0.4) is 0 Å². The van der Waals surface area contributed by atoms with Crippen LogP contribution in [0, 0.1) is 10.9 Å². The molecule has 0 aliphatic heterocycles. The van der Waals surface area contributed by atoms with Gasteiger partial charge in [0.1, 0.15) is 6.04 Å². The molecular weight excluding hydrogens is 388 g/mol. The summed E-state index contributed by atoms with van der Waals surface area (Å²) < 4.78 is 3.07. The van der Waals surface area contributed by atoms with Gasteiger partial charge in [0, 0.05) is 6.54 Å². The number of hydrogen-bond donors (Lipinski definition) is 2. The first kappa shape index (κ1) is 20.6. The summed E-state index contributed by atoms with van der Waals surface area (Å²) in [6, 6.07) is 7.31. The standard InChI is InChI=1S/C17H22N4O2S3/c1-4-9-18-15(23)12(3)19-14(22)10-25-16-20-21(17(24)26-16)13-8-6-5-7-11(13)2/h5-8,12H,4,9-10H2,1-3H3,(H,18,23)(H,19,22)/t12-/m0/s1. The zero-order valence-electron chi connectivity index (χ0n) is 14.9. The summed E-state index contributed by atoms with van der Waals surface area (Å²) in [4.78, 5) is 23.8. The number of para-hydroxylation sites is 1. The molecule has 9 heteroatoms. The van der Waals surface area contributed by atoms with Crippen LogP contribution in [0.5, 0.6) is 0 Å². The van der Waals surface area contributed by atoms with Gasteiger partial charge in [-0.2, -0.15) is 0 Å². The molecule has 0 aliphatic rings. The van der Waals surface area contributed by atoms with Crippen LogP contribution in [0.2, 0.25) is 0 Å². The van der Waals surface area contributed by atoms with Crippen LogP contribution in [-0.4, -0.2) is 39.9 Å². The zero-order chi connectivity index (χ0) is 19.1. The van der Waals surface area contributed by atoms with E-state index in [9.17, 15) is 9.59 Å². The van der Waals surface area contributed by atoms with E-state index in [2.05, 4.69) is 15.7 Å². The highest BCUT2D eigenvalue weighted by Crippen LogP contribution is 2.24. The van der Waals surface area contributed by atoms with E-state index in [4.69, 9.17) is 12.2 Å². The largest absolute Gasteiger partial charge is 0.354 e. The molecule has 2 N–H and O–H groups in total. The quantitative estimate of drug-likeness (QED) is 0.517. The van der Waals surface area contributed by atoms with Gasteiger partial charge in [0.2, 0.25) is 11.8 Å². The predicted molar refractivity (Wildman–Crippen MR) is 109 cm³/mol. The molecule has 2 rings (SSSR count). The number of thioether (sulfide) groups is 1. The Hall–Kier alpha value is -1.71. The molecule has 0 unspecified atom stereocenters. The molecule has 0 spiro atoms. The van der Waals surface area contributed by atoms with E-state index in [1.165, 1.54) is 23.1 Å². The highest BCUT2D eigenvalue weighted by molar-refractivity contribution is 8.01. The number of aromatic nitrogens is 2. The van der Waals surface area contributed by atoms with Gasteiger partial charge in [0.05, 0.1) is 11.4 Å². The summed E-state index contributed by atoms with van der Waals surface area (Å²) >= 11 is 8.07. The Morgan fingerprint density at radius 1 is 1.38 bits per heavy atom. The van der Waals surface area contributed by atoms with Crippen LogP contribution >= 0.6 is 35.3 Å². The zero-order valence-corrected chi connectivity index (χ0v) is 17.4. The van der Waals surface area contributed by atoms with Crippen LogP contribution in [0.15, 0.2) is 28.6 Å². The minimum atomic E-state index is -0.558. The van der Waals surface area contributed by atoms with Crippen LogP contribution in [-0.2, 0) is 9.59 Å². The fourth-order valence-corrected chi connectivity index (χ4v) is 4.31. The van der Waals surface area contributed by atoms with Gasteiger partial charge in [-0.25, -0.2) is 4.68 Å². The van der Waals surface area contributed by atoms with E-state index >= 15 is 0 Å². The normalized spacial score (nSPS) is 11.8. The minimum absolute atomic E-state index is 0.176. The molecule has 6 nitrogen and oxygen atoms in total. The molecule has 0 fully saturated rings. The van der Waals surface area contributed by atoms with Crippen molar-refractivity contribution < 1.29 is 9.59 Å². The number of hydrogen-bond acceptors (Lipinski definition) is 6. The van der Waals surface area contributed by atoms with E-state index in [0.29, 0.717) is 10.5 Å². The number of carbonyl (C=O) groups excluding carboxylic acids is 2.